The lowest BCUT2D eigenvalue weighted by atomic mass is 10.3. The Morgan fingerprint density at radius 2 is 2.19 bits per heavy atom. The van der Waals surface area contributed by atoms with E-state index >= 15 is 0 Å². The fourth-order valence-corrected chi connectivity index (χ4v) is 3.64. The molecule has 3 aromatic rings. The predicted octanol–water partition coefficient (Wildman–Crippen LogP) is 3.41. The molecule has 7 heteroatoms. The maximum absolute atomic E-state index is 4.54. The van der Waals surface area contributed by atoms with E-state index in [2.05, 4.69) is 38.6 Å². The van der Waals surface area contributed by atoms with Gasteiger partial charge in [0.1, 0.15) is 10.6 Å². The monoisotopic (exact) mass is 319 g/mol. The van der Waals surface area contributed by atoms with Crippen LogP contribution in [0.25, 0.3) is 10.2 Å². The molecule has 0 saturated carbocycles. The Bertz CT molecular complexity index is 720. The van der Waals surface area contributed by atoms with E-state index in [0.717, 1.165) is 40.4 Å². The number of fused-ring (bicyclic) bond motifs is 1. The van der Waals surface area contributed by atoms with Crippen LogP contribution in [0.1, 0.15) is 16.8 Å². The molecule has 3 aromatic heterocycles. The Morgan fingerprint density at radius 1 is 1.29 bits per heavy atom. The van der Waals surface area contributed by atoms with Crippen LogP contribution in [-0.2, 0) is 12.8 Å². The Labute approximate surface area is 131 Å². The van der Waals surface area contributed by atoms with Gasteiger partial charge in [-0.2, -0.15) is 4.98 Å². The lowest BCUT2D eigenvalue weighted by Crippen LogP contribution is -2.08. The highest BCUT2D eigenvalue weighted by molar-refractivity contribution is 7.18. The standard InChI is InChI=1S/C14H17N5S2/c1-3-9-8-10-12(17-5-4-11-16-6-7-20-11)18-14(15-2)19-13(10)21-9/h6-8H,3-5H2,1-2H3,(H2,15,17,18,19). The van der Waals surface area contributed by atoms with Gasteiger partial charge in [0.15, 0.2) is 0 Å². The van der Waals surface area contributed by atoms with Gasteiger partial charge in [-0.1, -0.05) is 6.92 Å². The van der Waals surface area contributed by atoms with Crippen molar-refractivity contribution in [1.82, 2.24) is 15.0 Å². The summed E-state index contributed by atoms with van der Waals surface area (Å²) in [5.74, 6) is 1.56. The molecule has 0 aliphatic rings. The van der Waals surface area contributed by atoms with Gasteiger partial charge in [-0.05, 0) is 12.5 Å². The average molecular weight is 319 g/mol. The number of nitrogens with one attached hydrogen (secondary N) is 2. The zero-order chi connectivity index (χ0) is 14.7. The van der Waals surface area contributed by atoms with Crippen LogP contribution in [0.2, 0.25) is 0 Å². The molecule has 21 heavy (non-hydrogen) atoms. The third-order valence-electron chi connectivity index (χ3n) is 3.13. The van der Waals surface area contributed by atoms with Gasteiger partial charge in [0.2, 0.25) is 5.95 Å². The minimum atomic E-state index is 0.656. The first kappa shape index (κ1) is 14.2. The first-order valence-corrected chi connectivity index (χ1v) is 8.60. The highest BCUT2D eigenvalue weighted by Gasteiger charge is 2.10. The summed E-state index contributed by atoms with van der Waals surface area (Å²) in [6, 6.07) is 2.19. The molecular weight excluding hydrogens is 302 g/mol. The molecule has 0 bridgehead atoms. The van der Waals surface area contributed by atoms with Crippen LogP contribution in [0.4, 0.5) is 11.8 Å². The van der Waals surface area contributed by atoms with Crippen LogP contribution >= 0.6 is 22.7 Å². The van der Waals surface area contributed by atoms with Crippen molar-refractivity contribution in [1.29, 1.82) is 0 Å². The molecule has 0 radical (unpaired) electrons. The van der Waals surface area contributed by atoms with Crippen molar-refractivity contribution < 1.29 is 0 Å². The normalized spacial score (nSPS) is 11.0. The molecule has 0 aliphatic carbocycles. The molecule has 0 amide bonds. The van der Waals surface area contributed by atoms with E-state index in [1.54, 1.807) is 22.7 Å². The average Bonchev–Trinajstić information content (AvgIpc) is 3.15. The van der Waals surface area contributed by atoms with Crippen LogP contribution in [0.15, 0.2) is 17.6 Å². The maximum atomic E-state index is 4.54. The van der Waals surface area contributed by atoms with Gasteiger partial charge in [-0.15, -0.1) is 22.7 Å². The second-order valence-electron chi connectivity index (χ2n) is 4.53. The molecule has 5 nitrogen and oxygen atoms in total. The summed E-state index contributed by atoms with van der Waals surface area (Å²) in [7, 11) is 1.84. The molecule has 0 unspecified atom stereocenters. The number of hydrogen-bond donors (Lipinski definition) is 2. The van der Waals surface area contributed by atoms with Crippen molar-refractivity contribution in [2.45, 2.75) is 19.8 Å². The van der Waals surface area contributed by atoms with Gasteiger partial charge < -0.3 is 10.6 Å². The number of anilines is 2. The van der Waals surface area contributed by atoms with Gasteiger partial charge >= 0.3 is 0 Å². The van der Waals surface area contributed by atoms with E-state index in [1.807, 2.05) is 18.6 Å². The third kappa shape index (κ3) is 3.14. The van der Waals surface area contributed by atoms with Crippen LogP contribution < -0.4 is 10.6 Å². The molecule has 0 fully saturated rings. The van der Waals surface area contributed by atoms with Crippen LogP contribution in [0, 0.1) is 0 Å². The molecule has 0 spiro atoms. The Morgan fingerprint density at radius 3 is 2.90 bits per heavy atom. The van der Waals surface area contributed by atoms with E-state index < -0.39 is 0 Å². The van der Waals surface area contributed by atoms with E-state index in [0.29, 0.717) is 5.95 Å². The number of thiophene rings is 1. The number of hydrogen-bond acceptors (Lipinski definition) is 7. The molecule has 2 N–H and O–H groups in total. The van der Waals surface area contributed by atoms with Gasteiger partial charge in [0.25, 0.3) is 0 Å². The fourth-order valence-electron chi connectivity index (χ4n) is 2.06. The second-order valence-corrected chi connectivity index (χ2v) is 6.63. The van der Waals surface area contributed by atoms with Crippen molar-refractivity contribution in [2.75, 3.05) is 24.2 Å². The number of aryl methyl sites for hydroxylation is 1. The molecule has 3 rings (SSSR count). The summed E-state index contributed by atoms with van der Waals surface area (Å²) in [4.78, 5) is 15.7. The van der Waals surface area contributed by atoms with Crippen molar-refractivity contribution in [3.8, 4) is 0 Å². The van der Waals surface area contributed by atoms with Crippen molar-refractivity contribution in [3.05, 3.63) is 27.5 Å². The van der Waals surface area contributed by atoms with Gasteiger partial charge in [0.05, 0.1) is 10.4 Å². The van der Waals surface area contributed by atoms with E-state index in [1.165, 1.54) is 4.88 Å². The zero-order valence-corrected chi connectivity index (χ0v) is 13.6. The van der Waals surface area contributed by atoms with Gasteiger partial charge in [-0.25, -0.2) is 9.97 Å². The number of thiazole rings is 1. The summed E-state index contributed by atoms with van der Waals surface area (Å²) < 4.78 is 0. The predicted molar refractivity (Wildman–Crippen MR) is 90.6 cm³/mol. The van der Waals surface area contributed by atoms with Crippen LogP contribution in [-0.4, -0.2) is 28.5 Å². The summed E-state index contributed by atoms with van der Waals surface area (Å²) in [5, 5.41) is 10.7. The molecule has 0 saturated heterocycles. The van der Waals surface area contributed by atoms with Crippen molar-refractivity contribution >= 4 is 44.7 Å². The van der Waals surface area contributed by atoms with E-state index in [4.69, 9.17) is 0 Å². The molecule has 110 valence electrons. The SMILES string of the molecule is CCc1cc2c(NCCc3nccs3)nc(NC)nc2s1. The van der Waals surface area contributed by atoms with Gasteiger partial charge in [-0.3, -0.25) is 0 Å². The Hall–Kier alpha value is -1.73. The summed E-state index contributed by atoms with van der Waals surface area (Å²) in [6.07, 6.45) is 3.77. The lowest BCUT2D eigenvalue weighted by molar-refractivity contribution is 0.988. The fraction of sp³-hybridized carbons (Fsp3) is 0.357. The minimum Gasteiger partial charge on any atom is -0.369 e. The second kappa shape index (κ2) is 6.36. The Balaban J connectivity index is 1.83. The third-order valence-corrected chi connectivity index (χ3v) is 5.14. The lowest BCUT2D eigenvalue weighted by Gasteiger charge is -2.07. The highest BCUT2D eigenvalue weighted by Crippen LogP contribution is 2.30. The van der Waals surface area contributed by atoms with Crippen molar-refractivity contribution in [3.63, 3.8) is 0 Å². The summed E-state index contributed by atoms with van der Waals surface area (Å²) in [6.45, 7) is 2.98. The molecular formula is C14H17N5S2. The van der Waals surface area contributed by atoms with E-state index in [-0.39, 0.29) is 0 Å². The first-order chi connectivity index (χ1) is 10.3. The largest absolute Gasteiger partial charge is 0.369 e. The molecule has 3 heterocycles. The van der Waals surface area contributed by atoms with Crippen LogP contribution in [0.5, 0.6) is 0 Å². The maximum Gasteiger partial charge on any atom is 0.225 e. The minimum absolute atomic E-state index is 0.656. The molecule has 0 aromatic carbocycles. The van der Waals surface area contributed by atoms with Crippen LogP contribution in [0.3, 0.4) is 0 Å². The van der Waals surface area contributed by atoms with Crippen molar-refractivity contribution in [2.24, 2.45) is 0 Å². The topological polar surface area (TPSA) is 62.7 Å². The number of nitrogens with zero attached hydrogens (tertiary/aromatic N) is 3. The quantitative estimate of drug-likeness (QED) is 0.729. The number of rotatable bonds is 6. The molecule has 0 atom stereocenters. The highest BCUT2D eigenvalue weighted by atomic mass is 32.1. The van der Waals surface area contributed by atoms with Gasteiger partial charge in [0, 0.05) is 36.5 Å². The smallest absolute Gasteiger partial charge is 0.225 e. The summed E-state index contributed by atoms with van der Waals surface area (Å²) >= 11 is 3.41. The summed E-state index contributed by atoms with van der Waals surface area (Å²) in [5.41, 5.74) is 0. The molecule has 0 aliphatic heterocycles. The van der Waals surface area contributed by atoms with E-state index in [9.17, 15) is 0 Å². The number of aromatic nitrogens is 3. The Kier molecular flexibility index (Phi) is 4.31. The first-order valence-electron chi connectivity index (χ1n) is 6.90. The zero-order valence-electron chi connectivity index (χ0n) is 12.0.